The number of piperazine rings is 1. The van der Waals surface area contributed by atoms with E-state index in [9.17, 15) is 9.59 Å². The smallest absolute Gasteiger partial charge is 0.410 e. The molecule has 0 bridgehead atoms. The zero-order valence-electron chi connectivity index (χ0n) is 14.3. The Morgan fingerprint density at radius 2 is 1.65 bits per heavy atom. The summed E-state index contributed by atoms with van der Waals surface area (Å²) in [7, 11) is 0. The van der Waals surface area contributed by atoms with Crippen LogP contribution in [0.4, 0.5) is 10.5 Å². The molecule has 2 N–H and O–H groups in total. The fourth-order valence-corrected chi connectivity index (χ4v) is 2.37. The Kier molecular flexibility index (Phi) is 4.82. The SMILES string of the molecule is Cc1ccc(C(=O)N2CCN(C(=O)OC(C)(C)C)CC2)cc1N. The molecular weight excluding hydrogens is 294 g/mol. The van der Waals surface area contributed by atoms with Crippen LogP contribution in [-0.4, -0.2) is 53.6 Å². The Morgan fingerprint density at radius 3 is 2.17 bits per heavy atom. The lowest BCUT2D eigenvalue weighted by Gasteiger charge is -2.35. The molecule has 0 spiro atoms. The Hall–Kier alpha value is -2.24. The number of aryl methyl sites for hydroxylation is 1. The third kappa shape index (κ3) is 4.37. The molecule has 0 radical (unpaired) electrons. The number of anilines is 1. The number of nitrogens with zero attached hydrogens (tertiary/aromatic N) is 2. The lowest BCUT2D eigenvalue weighted by Crippen LogP contribution is -2.51. The van der Waals surface area contributed by atoms with Gasteiger partial charge in [0, 0.05) is 37.4 Å². The van der Waals surface area contributed by atoms with Crippen molar-refractivity contribution in [2.75, 3.05) is 31.9 Å². The van der Waals surface area contributed by atoms with Gasteiger partial charge in [-0.3, -0.25) is 4.79 Å². The first kappa shape index (κ1) is 17.1. The maximum atomic E-state index is 12.5. The highest BCUT2D eigenvalue weighted by Gasteiger charge is 2.28. The minimum Gasteiger partial charge on any atom is -0.444 e. The van der Waals surface area contributed by atoms with Crippen LogP contribution < -0.4 is 5.73 Å². The number of nitrogens with two attached hydrogens (primary N) is 1. The number of carbonyl (C=O) groups excluding carboxylic acids is 2. The van der Waals surface area contributed by atoms with E-state index in [0.717, 1.165) is 5.56 Å². The van der Waals surface area contributed by atoms with E-state index in [1.54, 1.807) is 21.9 Å². The van der Waals surface area contributed by atoms with Gasteiger partial charge in [-0.25, -0.2) is 4.79 Å². The van der Waals surface area contributed by atoms with Crippen molar-refractivity contribution in [2.24, 2.45) is 0 Å². The first-order chi connectivity index (χ1) is 10.7. The Morgan fingerprint density at radius 1 is 1.09 bits per heavy atom. The Bertz CT molecular complexity index is 600. The number of ether oxygens (including phenoxy) is 1. The zero-order valence-corrected chi connectivity index (χ0v) is 14.3. The van der Waals surface area contributed by atoms with Crippen LogP contribution >= 0.6 is 0 Å². The largest absolute Gasteiger partial charge is 0.444 e. The predicted molar refractivity (Wildman–Crippen MR) is 89.3 cm³/mol. The molecule has 2 amide bonds. The first-order valence-electron chi connectivity index (χ1n) is 7.81. The van der Waals surface area contributed by atoms with Crippen molar-refractivity contribution in [1.82, 2.24) is 9.80 Å². The van der Waals surface area contributed by atoms with Crippen LogP contribution in [-0.2, 0) is 4.74 Å². The Balaban J connectivity index is 1.94. The standard InChI is InChI=1S/C17H25N3O3/c1-12-5-6-13(11-14(12)18)15(21)19-7-9-20(10-8-19)16(22)23-17(2,3)4/h5-6,11H,7-10,18H2,1-4H3. The number of nitrogen functional groups attached to an aromatic ring is 1. The molecule has 2 rings (SSSR count). The number of hydrogen-bond acceptors (Lipinski definition) is 4. The summed E-state index contributed by atoms with van der Waals surface area (Å²) in [6.45, 7) is 9.36. The molecule has 1 saturated heterocycles. The van der Waals surface area contributed by atoms with Gasteiger partial charge >= 0.3 is 6.09 Å². The summed E-state index contributed by atoms with van der Waals surface area (Å²) in [5.41, 5.74) is 7.51. The maximum Gasteiger partial charge on any atom is 0.410 e. The van der Waals surface area contributed by atoms with Gasteiger partial charge in [0.15, 0.2) is 0 Å². The average molecular weight is 319 g/mol. The van der Waals surface area contributed by atoms with Crippen LogP contribution in [0.2, 0.25) is 0 Å². The summed E-state index contributed by atoms with van der Waals surface area (Å²) in [5, 5.41) is 0. The summed E-state index contributed by atoms with van der Waals surface area (Å²) in [6, 6.07) is 5.34. The van der Waals surface area contributed by atoms with Crippen molar-refractivity contribution in [3.63, 3.8) is 0 Å². The summed E-state index contributed by atoms with van der Waals surface area (Å²) in [4.78, 5) is 27.9. The van der Waals surface area contributed by atoms with Crippen molar-refractivity contribution in [2.45, 2.75) is 33.3 Å². The van der Waals surface area contributed by atoms with Crippen LogP contribution in [0.25, 0.3) is 0 Å². The molecule has 1 aromatic rings. The molecule has 0 aromatic heterocycles. The molecule has 6 heteroatoms. The summed E-state index contributed by atoms with van der Waals surface area (Å²) < 4.78 is 5.35. The summed E-state index contributed by atoms with van der Waals surface area (Å²) in [6.07, 6.45) is -0.329. The van der Waals surface area contributed by atoms with Gasteiger partial charge < -0.3 is 20.3 Å². The van der Waals surface area contributed by atoms with E-state index >= 15 is 0 Å². The summed E-state index contributed by atoms with van der Waals surface area (Å²) >= 11 is 0. The van der Waals surface area contributed by atoms with Crippen LogP contribution in [0.15, 0.2) is 18.2 Å². The van der Waals surface area contributed by atoms with Gasteiger partial charge in [-0.15, -0.1) is 0 Å². The molecule has 1 aliphatic rings. The molecule has 1 fully saturated rings. The summed E-state index contributed by atoms with van der Waals surface area (Å²) in [5.74, 6) is -0.0551. The third-order valence-electron chi connectivity index (χ3n) is 3.74. The lowest BCUT2D eigenvalue weighted by atomic mass is 10.1. The monoisotopic (exact) mass is 319 g/mol. The number of hydrogen-bond donors (Lipinski definition) is 1. The molecule has 23 heavy (non-hydrogen) atoms. The second kappa shape index (κ2) is 6.48. The minimum absolute atomic E-state index is 0.0551. The normalized spacial score (nSPS) is 15.5. The van der Waals surface area contributed by atoms with Crippen molar-refractivity contribution < 1.29 is 14.3 Å². The topological polar surface area (TPSA) is 75.9 Å². The molecule has 0 aliphatic carbocycles. The van der Waals surface area contributed by atoms with Crippen molar-refractivity contribution in [3.8, 4) is 0 Å². The number of rotatable bonds is 1. The highest BCUT2D eigenvalue weighted by atomic mass is 16.6. The van der Waals surface area contributed by atoms with Crippen LogP contribution in [0.3, 0.4) is 0 Å². The highest BCUT2D eigenvalue weighted by molar-refractivity contribution is 5.95. The van der Waals surface area contributed by atoms with Gasteiger partial charge in [0.1, 0.15) is 5.60 Å². The third-order valence-corrected chi connectivity index (χ3v) is 3.74. The van der Waals surface area contributed by atoms with Gasteiger partial charge in [-0.1, -0.05) is 6.07 Å². The van der Waals surface area contributed by atoms with E-state index < -0.39 is 5.60 Å². The van der Waals surface area contributed by atoms with Crippen molar-refractivity contribution >= 4 is 17.7 Å². The van der Waals surface area contributed by atoms with E-state index in [4.69, 9.17) is 10.5 Å². The van der Waals surface area contributed by atoms with E-state index in [1.165, 1.54) is 0 Å². The molecule has 0 unspecified atom stereocenters. The van der Waals surface area contributed by atoms with Gasteiger partial charge in [-0.2, -0.15) is 0 Å². The molecule has 0 atom stereocenters. The second-order valence-corrected chi connectivity index (χ2v) is 6.83. The molecule has 126 valence electrons. The van der Waals surface area contributed by atoms with E-state index in [1.807, 2.05) is 33.8 Å². The van der Waals surface area contributed by atoms with Crippen LogP contribution in [0, 0.1) is 6.92 Å². The number of amides is 2. The maximum absolute atomic E-state index is 12.5. The molecule has 6 nitrogen and oxygen atoms in total. The van der Waals surface area contributed by atoms with E-state index in [-0.39, 0.29) is 12.0 Å². The van der Waals surface area contributed by atoms with E-state index in [0.29, 0.717) is 37.4 Å². The Labute approximate surface area is 137 Å². The minimum atomic E-state index is -0.510. The van der Waals surface area contributed by atoms with Gasteiger partial charge in [0.25, 0.3) is 5.91 Å². The van der Waals surface area contributed by atoms with Crippen LogP contribution in [0.1, 0.15) is 36.7 Å². The second-order valence-electron chi connectivity index (χ2n) is 6.83. The molecule has 1 aliphatic heterocycles. The first-order valence-corrected chi connectivity index (χ1v) is 7.81. The molecule has 0 saturated carbocycles. The molecule has 1 heterocycles. The number of benzene rings is 1. The molecule has 1 aromatic carbocycles. The van der Waals surface area contributed by atoms with E-state index in [2.05, 4.69) is 0 Å². The highest BCUT2D eigenvalue weighted by Crippen LogP contribution is 2.17. The predicted octanol–water partition coefficient (Wildman–Crippen LogP) is 2.27. The molecular formula is C17H25N3O3. The van der Waals surface area contributed by atoms with Crippen LogP contribution in [0.5, 0.6) is 0 Å². The average Bonchev–Trinajstić information content (AvgIpc) is 2.48. The van der Waals surface area contributed by atoms with Crippen molar-refractivity contribution in [1.29, 1.82) is 0 Å². The zero-order chi connectivity index (χ0) is 17.2. The fourth-order valence-electron chi connectivity index (χ4n) is 2.37. The fraction of sp³-hybridized carbons (Fsp3) is 0.529. The quantitative estimate of drug-likeness (QED) is 0.806. The van der Waals surface area contributed by atoms with Gasteiger partial charge in [-0.05, 0) is 45.4 Å². The van der Waals surface area contributed by atoms with Crippen molar-refractivity contribution in [3.05, 3.63) is 29.3 Å². The van der Waals surface area contributed by atoms with Gasteiger partial charge in [0.05, 0.1) is 0 Å². The van der Waals surface area contributed by atoms with Gasteiger partial charge in [0.2, 0.25) is 0 Å². The number of carbonyl (C=O) groups is 2. The lowest BCUT2D eigenvalue weighted by molar-refractivity contribution is 0.0141.